The molecule has 0 radical (unpaired) electrons. The van der Waals surface area contributed by atoms with E-state index in [0.717, 1.165) is 12.5 Å². The van der Waals surface area contributed by atoms with E-state index in [2.05, 4.69) is 32.6 Å². The third kappa shape index (κ3) is 6.16. The number of ether oxygens (including phenoxy) is 1. The summed E-state index contributed by atoms with van der Waals surface area (Å²) in [7, 11) is 0. The van der Waals surface area contributed by atoms with E-state index in [1.807, 2.05) is 13.8 Å². The normalized spacial score (nSPS) is 22.0. The molecule has 0 aromatic carbocycles. The molecule has 0 bridgehead atoms. The number of rotatable bonds is 4. The Balaban J connectivity index is 0.000000921. The topological polar surface area (TPSA) is 12.5 Å². The first kappa shape index (κ1) is 14.9. The van der Waals surface area contributed by atoms with Crippen LogP contribution in [0.25, 0.3) is 0 Å². The molecular weight excluding hydrogens is 186 g/mol. The molecule has 1 aliphatic rings. The van der Waals surface area contributed by atoms with Crippen LogP contribution in [0.4, 0.5) is 0 Å². The zero-order valence-electron chi connectivity index (χ0n) is 11.4. The fourth-order valence-electron chi connectivity index (χ4n) is 1.80. The van der Waals surface area contributed by atoms with Gasteiger partial charge < -0.3 is 9.64 Å². The van der Waals surface area contributed by atoms with E-state index in [1.165, 1.54) is 19.5 Å². The number of likely N-dealkylation sites (tertiary alicyclic amines) is 1. The Kier molecular flexibility index (Phi) is 8.07. The van der Waals surface area contributed by atoms with Gasteiger partial charge in [-0.25, -0.2) is 0 Å². The molecule has 15 heavy (non-hydrogen) atoms. The minimum Gasteiger partial charge on any atom is -0.378 e. The summed E-state index contributed by atoms with van der Waals surface area (Å²) < 4.78 is 5.63. The minimum atomic E-state index is 0.382. The zero-order valence-corrected chi connectivity index (χ0v) is 11.4. The number of hydrogen-bond donors (Lipinski definition) is 0. The molecule has 1 aliphatic heterocycles. The van der Waals surface area contributed by atoms with Gasteiger partial charge in [0.15, 0.2) is 0 Å². The number of nitrogens with zero attached hydrogens (tertiary/aromatic N) is 1. The SMILES string of the molecule is CC.CC(C)OCC1CCN(C(C)C)C1. The Morgan fingerprint density at radius 1 is 1.20 bits per heavy atom. The summed E-state index contributed by atoms with van der Waals surface area (Å²) in [6.07, 6.45) is 1.69. The quantitative estimate of drug-likeness (QED) is 0.714. The maximum atomic E-state index is 5.63. The predicted octanol–water partition coefficient (Wildman–Crippen LogP) is 3.17. The monoisotopic (exact) mass is 215 g/mol. The molecule has 1 saturated heterocycles. The second-order valence-electron chi connectivity index (χ2n) is 4.63. The van der Waals surface area contributed by atoms with Crippen LogP contribution in [0.15, 0.2) is 0 Å². The van der Waals surface area contributed by atoms with Crippen LogP contribution in [0.1, 0.15) is 48.0 Å². The Bertz CT molecular complexity index is 145. The van der Waals surface area contributed by atoms with E-state index >= 15 is 0 Å². The molecule has 92 valence electrons. The Morgan fingerprint density at radius 2 is 1.80 bits per heavy atom. The van der Waals surface area contributed by atoms with Crippen LogP contribution in [0.2, 0.25) is 0 Å². The summed E-state index contributed by atoms with van der Waals surface area (Å²) in [6, 6.07) is 0.698. The Morgan fingerprint density at radius 3 is 2.20 bits per heavy atom. The fourth-order valence-corrected chi connectivity index (χ4v) is 1.80. The minimum absolute atomic E-state index is 0.382. The van der Waals surface area contributed by atoms with Crippen molar-refractivity contribution >= 4 is 0 Å². The molecule has 0 amide bonds. The molecule has 1 atom stereocenters. The highest BCUT2D eigenvalue weighted by atomic mass is 16.5. The average molecular weight is 215 g/mol. The van der Waals surface area contributed by atoms with Crippen molar-refractivity contribution in [1.29, 1.82) is 0 Å². The summed E-state index contributed by atoms with van der Waals surface area (Å²) in [5, 5.41) is 0. The van der Waals surface area contributed by atoms with E-state index < -0.39 is 0 Å². The smallest absolute Gasteiger partial charge is 0.0519 e. The Hall–Kier alpha value is -0.0800. The van der Waals surface area contributed by atoms with Gasteiger partial charge >= 0.3 is 0 Å². The zero-order chi connectivity index (χ0) is 11.8. The fraction of sp³-hybridized carbons (Fsp3) is 1.00. The molecule has 2 nitrogen and oxygen atoms in total. The van der Waals surface area contributed by atoms with Gasteiger partial charge in [0.25, 0.3) is 0 Å². The third-order valence-electron chi connectivity index (χ3n) is 2.71. The van der Waals surface area contributed by atoms with Gasteiger partial charge in [0.05, 0.1) is 12.7 Å². The van der Waals surface area contributed by atoms with Crippen molar-refractivity contribution in [3.63, 3.8) is 0 Å². The standard InChI is InChI=1S/C11H23NO.C2H6/c1-9(2)12-6-5-11(7-12)8-13-10(3)4;1-2/h9-11H,5-8H2,1-4H3;1-2H3. The van der Waals surface area contributed by atoms with Gasteiger partial charge in [-0.3, -0.25) is 0 Å². The first-order chi connectivity index (χ1) is 7.09. The van der Waals surface area contributed by atoms with Crippen molar-refractivity contribution < 1.29 is 4.74 Å². The molecule has 1 rings (SSSR count). The predicted molar refractivity (Wildman–Crippen MR) is 67.3 cm³/mol. The van der Waals surface area contributed by atoms with Crippen molar-refractivity contribution in [1.82, 2.24) is 4.90 Å². The summed E-state index contributed by atoms with van der Waals surface area (Å²) in [5.41, 5.74) is 0. The van der Waals surface area contributed by atoms with Crippen molar-refractivity contribution in [2.45, 2.75) is 60.1 Å². The van der Waals surface area contributed by atoms with Crippen LogP contribution in [0.3, 0.4) is 0 Å². The highest BCUT2D eigenvalue weighted by Crippen LogP contribution is 2.18. The maximum absolute atomic E-state index is 5.63. The molecule has 0 saturated carbocycles. The lowest BCUT2D eigenvalue weighted by Gasteiger charge is -2.20. The maximum Gasteiger partial charge on any atom is 0.0519 e. The van der Waals surface area contributed by atoms with Gasteiger partial charge in [-0.1, -0.05) is 13.8 Å². The van der Waals surface area contributed by atoms with Crippen LogP contribution in [0, 0.1) is 5.92 Å². The van der Waals surface area contributed by atoms with Crippen molar-refractivity contribution in [3.05, 3.63) is 0 Å². The molecule has 0 aromatic heterocycles. The van der Waals surface area contributed by atoms with Crippen LogP contribution in [-0.4, -0.2) is 36.7 Å². The van der Waals surface area contributed by atoms with Crippen LogP contribution in [-0.2, 0) is 4.74 Å². The average Bonchev–Trinajstić information content (AvgIpc) is 2.66. The van der Waals surface area contributed by atoms with E-state index in [0.29, 0.717) is 12.1 Å². The van der Waals surface area contributed by atoms with Crippen molar-refractivity contribution in [2.24, 2.45) is 5.92 Å². The Labute approximate surface area is 96.0 Å². The second kappa shape index (κ2) is 8.12. The van der Waals surface area contributed by atoms with Crippen LogP contribution >= 0.6 is 0 Å². The van der Waals surface area contributed by atoms with E-state index in [1.54, 1.807) is 0 Å². The van der Waals surface area contributed by atoms with E-state index in [-0.39, 0.29) is 0 Å². The lowest BCUT2D eigenvalue weighted by molar-refractivity contribution is 0.0522. The van der Waals surface area contributed by atoms with Crippen molar-refractivity contribution in [2.75, 3.05) is 19.7 Å². The van der Waals surface area contributed by atoms with Crippen LogP contribution in [0.5, 0.6) is 0 Å². The molecule has 2 heteroatoms. The second-order valence-corrected chi connectivity index (χ2v) is 4.63. The summed E-state index contributed by atoms with van der Waals surface area (Å²) in [4.78, 5) is 2.54. The molecule has 0 spiro atoms. The van der Waals surface area contributed by atoms with Gasteiger partial charge in [-0.2, -0.15) is 0 Å². The van der Waals surface area contributed by atoms with Crippen LogP contribution < -0.4 is 0 Å². The summed E-state index contributed by atoms with van der Waals surface area (Å²) in [6.45, 7) is 16.2. The van der Waals surface area contributed by atoms with Gasteiger partial charge in [0.2, 0.25) is 0 Å². The lowest BCUT2D eigenvalue weighted by Crippen LogP contribution is -2.29. The van der Waals surface area contributed by atoms with Gasteiger partial charge in [0.1, 0.15) is 0 Å². The van der Waals surface area contributed by atoms with Crippen molar-refractivity contribution in [3.8, 4) is 0 Å². The van der Waals surface area contributed by atoms with Gasteiger partial charge in [-0.15, -0.1) is 0 Å². The molecule has 1 heterocycles. The molecule has 1 fully saturated rings. The first-order valence-corrected chi connectivity index (χ1v) is 6.45. The summed E-state index contributed by atoms with van der Waals surface area (Å²) >= 11 is 0. The lowest BCUT2D eigenvalue weighted by atomic mass is 10.1. The molecule has 1 unspecified atom stereocenters. The molecule has 0 aliphatic carbocycles. The molecule has 0 aromatic rings. The van der Waals surface area contributed by atoms with Gasteiger partial charge in [-0.05, 0) is 46.6 Å². The number of hydrogen-bond acceptors (Lipinski definition) is 2. The highest BCUT2D eigenvalue weighted by molar-refractivity contribution is 4.77. The first-order valence-electron chi connectivity index (χ1n) is 6.45. The van der Waals surface area contributed by atoms with E-state index in [4.69, 9.17) is 4.74 Å². The molecule has 0 N–H and O–H groups in total. The third-order valence-corrected chi connectivity index (χ3v) is 2.71. The highest BCUT2D eigenvalue weighted by Gasteiger charge is 2.24. The van der Waals surface area contributed by atoms with Gasteiger partial charge in [0, 0.05) is 12.6 Å². The van der Waals surface area contributed by atoms with E-state index in [9.17, 15) is 0 Å². The largest absolute Gasteiger partial charge is 0.378 e. The molecular formula is C13H29NO. The summed E-state index contributed by atoms with van der Waals surface area (Å²) in [5.74, 6) is 0.768.